The van der Waals surface area contributed by atoms with Gasteiger partial charge in [0.1, 0.15) is 6.54 Å². The molecule has 182 valence electrons. The second kappa shape index (κ2) is 11.8. The Kier molecular flexibility index (Phi) is 9.37. The fourth-order valence-corrected chi connectivity index (χ4v) is 3.40. The van der Waals surface area contributed by atoms with E-state index in [1.54, 1.807) is 4.90 Å². The van der Waals surface area contributed by atoms with Crippen LogP contribution in [0.4, 0.5) is 23.7 Å². The molecule has 9 heteroatoms. The first-order valence-corrected chi connectivity index (χ1v) is 11.1. The Balaban J connectivity index is 2.16. The van der Waals surface area contributed by atoms with Crippen LogP contribution in [0.25, 0.3) is 0 Å². The van der Waals surface area contributed by atoms with Gasteiger partial charge in [-0.05, 0) is 42.7 Å². The summed E-state index contributed by atoms with van der Waals surface area (Å²) in [5.74, 6) is -0.133. The van der Waals surface area contributed by atoms with Crippen molar-refractivity contribution in [2.45, 2.75) is 46.3 Å². The van der Waals surface area contributed by atoms with Gasteiger partial charge in [0.05, 0.1) is 12.1 Å². The smallest absolute Gasteiger partial charge is 0.353 e. The predicted molar refractivity (Wildman–Crippen MR) is 123 cm³/mol. The highest BCUT2D eigenvalue weighted by molar-refractivity contribution is 5.92. The van der Waals surface area contributed by atoms with Crippen molar-refractivity contribution in [2.24, 2.45) is 13.0 Å². The van der Waals surface area contributed by atoms with Gasteiger partial charge < -0.3 is 19.7 Å². The van der Waals surface area contributed by atoms with Gasteiger partial charge in [0.25, 0.3) is 0 Å². The fraction of sp³-hybridized carbons (Fsp3) is 0.500. The minimum Gasteiger partial charge on any atom is -0.353 e. The molecule has 1 heterocycles. The molecule has 3 amide bonds. The monoisotopic (exact) mass is 466 g/mol. The number of urea groups is 1. The molecule has 2 aromatic rings. The van der Waals surface area contributed by atoms with Crippen molar-refractivity contribution < 1.29 is 22.8 Å². The number of carbonyl (C=O) groups excluding carboxylic acids is 2. The zero-order valence-electron chi connectivity index (χ0n) is 19.7. The third-order valence-electron chi connectivity index (χ3n) is 5.18. The summed E-state index contributed by atoms with van der Waals surface area (Å²) in [7, 11) is 1.91. The Morgan fingerprint density at radius 2 is 1.85 bits per heavy atom. The van der Waals surface area contributed by atoms with Crippen LogP contribution in [0.3, 0.4) is 0 Å². The number of anilines is 1. The van der Waals surface area contributed by atoms with Gasteiger partial charge >= 0.3 is 12.2 Å². The summed E-state index contributed by atoms with van der Waals surface area (Å²) in [4.78, 5) is 29.2. The highest BCUT2D eigenvalue weighted by Gasteiger charge is 2.31. The number of benzene rings is 1. The first kappa shape index (κ1) is 26.3. The van der Waals surface area contributed by atoms with E-state index >= 15 is 0 Å². The maximum atomic E-state index is 13.2. The minimum absolute atomic E-state index is 0.0303. The summed E-state index contributed by atoms with van der Waals surface area (Å²) in [6, 6.07) is 7.71. The lowest BCUT2D eigenvalue weighted by Crippen LogP contribution is -2.46. The summed E-state index contributed by atoms with van der Waals surface area (Å²) < 4.78 is 41.0. The van der Waals surface area contributed by atoms with Gasteiger partial charge in [-0.1, -0.05) is 33.3 Å². The van der Waals surface area contributed by atoms with Gasteiger partial charge in [0.2, 0.25) is 5.91 Å². The molecule has 0 unspecified atom stereocenters. The van der Waals surface area contributed by atoms with Gasteiger partial charge in [-0.2, -0.15) is 13.2 Å². The number of rotatable bonds is 10. The lowest BCUT2D eigenvalue weighted by Gasteiger charge is -2.29. The average Bonchev–Trinajstić information content (AvgIpc) is 3.14. The summed E-state index contributed by atoms with van der Waals surface area (Å²) in [6.07, 6.45) is -0.851. The number of aromatic nitrogens is 1. The molecule has 0 spiro atoms. The molecule has 1 aromatic carbocycles. The van der Waals surface area contributed by atoms with Crippen LogP contribution in [-0.2, 0) is 24.6 Å². The van der Waals surface area contributed by atoms with E-state index in [0.29, 0.717) is 19.6 Å². The Morgan fingerprint density at radius 1 is 1.12 bits per heavy atom. The van der Waals surface area contributed by atoms with Crippen molar-refractivity contribution in [1.82, 2.24) is 14.4 Å². The van der Waals surface area contributed by atoms with E-state index in [2.05, 4.69) is 5.32 Å². The van der Waals surface area contributed by atoms with Crippen LogP contribution in [0.15, 0.2) is 42.6 Å². The van der Waals surface area contributed by atoms with Crippen LogP contribution in [0, 0.1) is 5.92 Å². The molecule has 0 aliphatic carbocycles. The Bertz CT molecular complexity index is 924. The molecule has 0 fully saturated rings. The molecule has 6 nitrogen and oxygen atoms in total. The van der Waals surface area contributed by atoms with E-state index in [0.717, 1.165) is 30.7 Å². The summed E-state index contributed by atoms with van der Waals surface area (Å²) >= 11 is 0. The lowest BCUT2D eigenvalue weighted by atomic mass is 10.2. The molecule has 0 aliphatic heterocycles. The standard InChI is InChI=1S/C24H33F3N4O2/c1-5-6-13-30(16-21-11-8-12-29(21)4)22(32)17-31(15-18(2)3)23(33)28-20-10-7-9-19(14-20)24(25,26)27/h7-12,14,18H,5-6,13,15-17H2,1-4H3,(H,28,33). The molecular weight excluding hydrogens is 433 g/mol. The lowest BCUT2D eigenvalue weighted by molar-refractivity contribution is -0.137. The number of alkyl halides is 3. The zero-order chi connectivity index (χ0) is 24.6. The number of nitrogens with zero attached hydrogens (tertiary/aromatic N) is 3. The molecule has 0 atom stereocenters. The maximum Gasteiger partial charge on any atom is 0.416 e. The molecule has 33 heavy (non-hydrogen) atoms. The van der Waals surface area contributed by atoms with Gasteiger partial charge in [-0.25, -0.2) is 4.79 Å². The third-order valence-corrected chi connectivity index (χ3v) is 5.18. The van der Waals surface area contributed by atoms with Gasteiger partial charge in [-0.3, -0.25) is 4.79 Å². The summed E-state index contributed by atoms with van der Waals surface area (Å²) in [5, 5.41) is 2.51. The Morgan fingerprint density at radius 3 is 2.42 bits per heavy atom. The predicted octanol–water partition coefficient (Wildman–Crippen LogP) is 5.36. The van der Waals surface area contributed by atoms with Crippen molar-refractivity contribution in [1.29, 1.82) is 0 Å². The van der Waals surface area contributed by atoms with Crippen molar-refractivity contribution >= 4 is 17.6 Å². The quantitative estimate of drug-likeness (QED) is 0.512. The molecule has 0 bridgehead atoms. The van der Waals surface area contributed by atoms with Gasteiger partial charge in [0.15, 0.2) is 0 Å². The van der Waals surface area contributed by atoms with Crippen LogP contribution in [-0.4, -0.2) is 45.9 Å². The summed E-state index contributed by atoms with van der Waals surface area (Å²) in [5.41, 5.74) is 0.158. The largest absolute Gasteiger partial charge is 0.416 e. The molecule has 0 radical (unpaired) electrons. The minimum atomic E-state index is -4.51. The number of nitrogens with one attached hydrogen (secondary N) is 1. The molecule has 1 N–H and O–H groups in total. The summed E-state index contributed by atoms with van der Waals surface area (Å²) in [6.45, 7) is 6.98. The maximum absolute atomic E-state index is 13.2. The van der Waals surface area contributed by atoms with E-state index in [4.69, 9.17) is 0 Å². The van der Waals surface area contributed by atoms with Crippen LogP contribution < -0.4 is 5.32 Å². The van der Waals surface area contributed by atoms with Crippen LogP contribution >= 0.6 is 0 Å². The van der Waals surface area contributed by atoms with Crippen molar-refractivity contribution in [2.75, 3.05) is 25.0 Å². The number of amides is 3. The molecule has 0 aliphatic rings. The molecule has 0 saturated carbocycles. The third kappa shape index (κ3) is 8.14. The second-order valence-electron chi connectivity index (χ2n) is 8.56. The number of unbranched alkanes of at least 4 members (excludes halogenated alkanes) is 1. The van der Waals surface area contributed by atoms with E-state index < -0.39 is 17.8 Å². The van der Waals surface area contributed by atoms with Crippen molar-refractivity contribution in [3.63, 3.8) is 0 Å². The topological polar surface area (TPSA) is 57.6 Å². The first-order valence-electron chi connectivity index (χ1n) is 11.1. The SMILES string of the molecule is CCCCN(Cc1cccn1C)C(=O)CN(CC(C)C)C(=O)Nc1cccc(C(F)(F)F)c1. The Labute approximate surface area is 193 Å². The first-order chi connectivity index (χ1) is 15.5. The Hall–Kier alpha value is -2.97. The molecule has 0 saturated heterocycles. The number of aryl methyl sites for hydroxylation is 1. The number of carbonyl (C=O) groups is 2. The van der Waals surface area contributed by atoms with Crippen molar-refractivity contribution in [3.05, 3.63) is 53.9 Å². The van der Waals surface area contributed by atoms with Gasteiger partial charge in [0, 0.05) is 37.7 Å². The van der Waals surface area contributed by atoms with Gasteiger partial charge in [-0.15, -0.1) is 0 Å². The van der Waals surface area contributed by atoms with E-state index in [9.17, 15) is 22.8 Å². The number of hydrogen-bond donors (Lipinski definition) is 1. The highest BCUT2D eigenvalue weighted by Crippen LogP contribution is 2.30. The highest BCUT2D eigenvalue weighted by atomic mass is 19.4. The van der Waals surface area contributed by atoms with Crippen molar-refractivity contribution in [3.8, 4) is 0 Å². The number of halogens is 3. The van der Waals surface area contributed by atoms with E-state index in [1.165, 1.54) is 17.0 Å². The van der Waals surface area contributed by atoms with E-state index in [1.807, 2.05) is 50.7 Å². The second-order valence-corrected chi connectivity index (χ2v) is 8.56. The molecule has 2 rings (SSSR count). The van der Waals surface area contributed by atoms with Crippen LogP contribution in [0.1, 0.15) is 44.9 Å². The number of hydrogen-bond acceptors (Lipinski definition) is 2. The zero-order valence-corrected chi connectivity index (χ0v) is 19.7. The fourth-order valence-electron chi connectivity index (χ4n) is 3.40. The normalized spacial score (nSPS) is 11.5. The van der Waals surface area contributed by atoms with Crippen LogP contribution in [0.2, 0.25) is 0 Å². The average molecular weight is 467 g/mol. The molecular formula is C24H33F3N4O2. The molecule has 1 aromatic heterocycles. The van der Waals surface area contributed by atoms with E-state index in [-0.39, 0.29) is 24.1 Å². The van der Waals surface area contributed by atoms with Crippen LogP contribution in [0.5, 0.6) is 0 Å².